The second-order valence-corrected chi connectivity index (χ2v) is 4.81. The van der Waals surface area contributed by atoms with Gasteiger partial charge >= 0.3 is 5.95 Å². The highest BCUT2D eigenvalue weighted by atomic mass is 16.5. The van der Waals surface area contributed by atoms with Gasteiger partial charge in [0.05, 0.1) is 0 Å². The van der Waals surface area contributed by atoms with Crippen molar-refractivity contribution < 1.29 is 9.52 Å². The van der Waals surface area contributed by atoms with Crippen LogP contribution in [-0.2, 0) is 0 Å². The van der Waals surface area contributed by atoms with Gasteiger partial charge in [-0.2, -0.15) is 0 Å². The van der Waals surface area contributed by atoms with Crippen molar-refractivity contribution in [2.75, 3.05) is 0 Å². The zero-order chi connectivity index (χ0) is 14.9. The summed E-state index contributed by atoms with van der Waals surface area (Å²) < 4.78 is 5.34. The van der Waals surface area contributed by atoms with Crippen LogP contribution in [0.5, 0.6) is 5.95 Å². The molecule has 3 aromatic rings. The van der Waals surface area contributed by atoms with E-state index in [1.54, 1.807) is 18.5 Å². The highest BCUT2D eigenvalue weighted by Crippen LogP contribution is 2.33. The van der Waals surface area contributed by atoms with Gasteiger partial charge in [0.1, 0.15) is 5.69 Å². The van der Waals surface area contributed by atoms with Crippen molar-refractivity contribution in [3.63, 3.8) is 0 Å². The fraction of sp³-hybridized carbons (Fsp3) is 0. The van der Waals surface area contributed by atoms with E-state index >= 15 is 0 Å². The zero-order valence-corrected chi connectivity index (χ0v) is 11.5. The molecule has 3 heterocycles. The highest BCUT2D eigenvalue weighted by molar-refractivity contribution is 6.20. The molecule has 1 aliphatic heterocycles. The lowest BCUT2D eigenvalue weighted by Gasteiger charge is -1.96. The number of oxazole rings is 1. The summed E-state index contributed by atoms with van der Waals surface area (Å²) in [6.07, 6.45) is 5.14. The van der Waals surface area contributed by atoms with Crippen LogP contribution < -0.4 is 0 Å². The summed E-state index contributed by atoms with van der Waals surface area (Å²) in [6.45, 7) is 0. The average Bonchev–Trinajstić information content (AvgIpc) is 3.13. The predicted octanol–water partition coefficient (Wildman–Crippen LogP) is 3.70. The van der Waals surface area contributed by atoms with Crippen LogP contribution in [0.1, 0.15) is 11.3 Å². The Morgan fingerprint density at radius 3 is 2.77 bits per heavy atom. The lowest BCUT2D eigenvalue weighted by molar-refractivity contribution is 0.336. The first-order valence-corrected chi connectivity index (χ1v) is 6.77. The van der Waals surface area contributed by atoms with Crippen molar-refractivity contribution in [3.8, 4) is 17.4 Å². The SMILES string of the molecule is Oc1oc(-c2ccccc2)nc1/C=C1\C=Nc2ncccc21. The van der Waals surface area contributed by atoms with E-state index in [-0.39, 0.29) is 5.95 Å². The van der Waals surface area contributed by atoms with Gasteiger partial charge in [-0.25, -0.2) is 15.0 Å². The Morgan fingerprint density at radius 2 is 1.91 bits per heavy atom. The number of aromatic hydroxyl groups is 1. The third-order valence-electron chi connectivity index (χ3n) is 3.37. The molecule has 106 valence electrons. The largest absolute Gasteiger partial charge is 0.479 e. The number of aromatic nitrogens is 2. The van der Waals surface area contributed by atoms with Crippen molar-refractivity contribution in [1.82, 2.24) is 9.97 Å². The molecular formula is C17H11N3O2. The minimum Gasteiger partial charge on any atom is -0.479 e. The third-order valence-corrected chi connectivity index (χ3v) is 3.37. The Labute approximate surface area is 126 Å². The van der Waals surface area contributed by atoms with E-state index in [1.807, 2.05) is 42.5 Å². The molecule has 4 rings (SSSR count). The Hall–Kier alpha value is -3.21. The molecule has 22 heavy (non-hydrogen) atoms. The molecule has 0 amide bonds. The van der Waals surface area contributed by atoms with E-state index in [0.717, 1.165) is 16.7 Å². The van der Waals surface area contributed by atoms with Crippen LogP contribution in [-0.4, -0.2) is 21.3 Å². The molecule has 2 aromatic heterocycles. The number of hydrogen-bond acceptors (Lipinski definition) is 5. The van der Waals surface area contributed by atoms with Gasteiger partial charge in [0.2, 0.25) is 5.89 Å². The Morgan fingerprint density at radius 1 is 1.05 bits per heavy atom. The normalized spacial score (nSPS) is 14.5. The highest BCUT2D eigenvalue weighted by Gasteiger charge is 2.16. The van der Waals surface area contributed by atoms with Gasteiger partial charge in [0, 0.05) is 29.1 Å². The predicted molar refractivity (Wildman–Crippen MR) is 83.9 cm³/mol. The molecule has 0 unspecified atom stereocenters. The molecule has 1 aromatic carbocycles. The van der Waals surface area contributed by atoms with Gasteiger partial charge in [-0.15, -0.1) is 0 Å². The maximum Gasteiger partial charge on any atom is 0.310 e. The first-order chi connectivity index (χ1) is 10.8. The van der Waals surface area contributed by atoms with Crippen LogP contribution >= 0.6 is 0 Å². The van der Waals surface area contributed by atoms with Gasteiger partial charge < -0.3 is 9.52 Å². The van der Waals surface area contributed by atoms with Gasteiger partial charge in [0.25, 0.3) is 0 Å². The second-order valence-electron chi connectivity index (χ2n) is 4.81. The first-order valence-electron chi connectivity index (χ1n) is 6.77. The molecule has 0 fully saturated rings. The fourth-order valence-electron chi connectivity index (χ4n) is 2.31. The molecule has 1 aliphatic rings. The molecule has 0 bridgehead atoms. The van der Waals surface area contributed by atoms with E-state index in [4.69, 9.17) is 4.42 Å². The third kappa shape index (κ3) is 2.09. The molecule has 0 radical (unpaired) electrons. The molecular weight excluding hydrogens is 278 g/mol. The van der Waals surface area contributed by atoms with E-state index in [0.29, 0.717) is 17.4 Å². The second kappa shape index (κ2) is 4.96. The average molecular weight is 289 g/mol. The van der Waals surface area contributed by atoms with Crippen LogP contribution in [0.25, 0.3) is 23.1 Å². The number of hydrogen-bond donors (Lipinski definition) is 1. The summed E-state index contributed by atoms with van der Waals surface area (Å²) in [5.41, 5.74) is 2.93. The molecule has 0 aliphatic carbocycles. The summed E-state index contributed by atoms with van der Waals surface area (Å²) in [5, 5.41) is 9.97. The van der Waals surface area contributed by atoms with E-state index in [1.165, 1.54) is 0 Å². The minimum absolute atomic E-state index is 0.211. The maximum absolute atomic E-state index is 9.97. The quantitative estimate of drug-likeness (QED) is 0.780. The van der Waals surface area contributed by atoms with Crippen molar-refractivity contribution in [2.45, 2.75) is 0 Å². The monoisotopic (exact) mass is 289 g/mol. The molecule has 0 saturated heterocycles. The van der Waals surface area contributed by atoms with Crippen molar-refractivity contribution in [1.29, 1.82) is 0 Å². The van der Waals surface area contributed by atoms with Crippen molar-refractivity contribution >= 4 is 23.7 Å². The van der Waals surface area contributed by atoms with Gasteiger partial charge in [0.15, 0.2) is 5.82 Å². The van der Waals surface area contributed by atoms with Crippen LogP contribution in [0.3, 0.4) is 0 Å². The van der Waals surface area contributed by atoms with Gasteiger partial charge in [-0.3, -0.25) is 0 Å². The number of fused-ring (bicyclic) bond motifs is 1. The number of rotatable bonds is 2. The number of nitrogens with zero attached hydrogens (tertiary/aromatic N) is 3. The van der Waals surface area contributed by atoms with E-state index in [2.05, 4.69) is 15.0 Å². The lowest BCUT2D eigenvalue weighted by Crippen LogP contribution is -1.83. The number of benzene rings is 1. The van der Waals surface area contributed by atoms with Crippen molar-refractivity contribution in [2.24, 2.45) is 4.99 Å². The van der Waals surface area contributed by atoms with Crippen LogP contribution in [0, 0.1) is 0 Å². The van der Waals surface area contributed by atoms with Crippen LogP contribution in [0.4, 0.5) is 5.82 Å². The molecule has 5 heteroatoms. The molecule has 0 saturated carbocycles. The fourth-order valence-corrected chi connectivity index (χ4v) is 2.31. The van der Waals surface area contributed by atoms with Crippen LogP contribution in [0.2, 0.25) is 0 Å². The summed E-state index contributed by atoms with van der Waals surface area (Å²) in [7, 11) is 0. The van der Waals surface area contributed by atoms with E-state index in [9.17, 15) is 5.11 Å². The molecule has 5 nitrogen and oxygen atoms in total. The number of pyridine rings is 1. The topological polar surface area (TPSA) is 71.5 Å². The summed E-state index contributed by atoms with van der Waals surface area (Å²) in [6, 6.07) is 13.2. The zero-order valence-electron chi connectivity index (χ0n) is 11.5. The van der Waals surface area contributed by atoms with Gasteiger partial charge in [-0.1, -0.05) is 18.2 Å². The minimum atomic E-state index is -0.211. The summed E-state index contributed by atoms with van der Waals surface area (Å²) >= 11 is 0. The van der Waals surface area contributed by atoms with Crippen molar-refractivity contribution in [3.05, 3.63) is 59.9 Å². The van der Waals surface area contributed by atoms with E-state index < -0.39 is 0 Å². The first kappa shape index (κ1) is 12.5. The number of allylic oxidation sites excluding steroid dienone is 1. The maximum atomic E-state index is 9.97. The lowest BCUT2D eigenvalue weighted by atomic mass is 10.1. The Kier molecular flexibility index (Phi) is 2.83. The Balaban J connectivity index is 1.75. The molecule has 1 N–H and O–H groups in total. The summed E-state index contributed by atoms with van der Waals surface area (Å²) in [5.74, 6) is 0.836. The smallest absolute Gasteiger partial charge is 0.310 e. The Bertz CT molecular complexity index is 895. The standard InChI is InChI=1S/C17H11N3O2/c21-17-14(20-16(22-17)11-5-2-1-3-6-11)9-12-10-19-15-13(12)7-4-8-18-15/h1-10,21H/b12-9+. The van der Waals surface area contributed by atoms with Crippen LogP contribution in [0.15, 0.2) is 58.1 Å². The van der Waals surface area contributed by atoms with Gasteiger partial charge in [-0.05, 0) is 30.3 Å². The summed E-state index contributed by atoms with van der Waals surface area (Å²) in [4.78, 5) is 12.7. The molecule has 0 atom stereocenters. The molecule has 0 spiro atoms. The number of aliphatic imine (C=N–C) groups is 1.